The molecule has 0 spiro atoms. The van der Waals surface area contributed by atoms with Crippen molar-refractivity contribution in [2.24, 2.45) is 0 Å². The minimum atomic E-state index is -0.529. The van der Waals surface area contributed by atoms with E-state index in [1.54, 1.807) is 41.2 Å². The van der Waals surface area contributed by atoms with Gasteiger partial charge >= 0.3 is 5.97 Å². The zero-order chi connectivity index (χ0) is 14.7. The van der Waals surface area contributed by atoms with Crippen LogP contribution in [0, 0.1) is 0 Å². The van der Waals surface area contributed by atoms with E-state index in [0.717, 1.165) is 5.69 Å². The monoisotopic (exact) mass is 298 g/mol. The number of nitrogens with zero attached hydrogens (tertiary/aromatic N) is 2. The third-order valence-electron chi connectivity index (χ3n) is 2.88. The smallest absolute Gasteiger partial charge is 0.346 e. The van der Waals surface area contributed by atoms with Crippen LogP contribution in [0.5, 0.6) is 5.88 Å². The minimum absolute atomic E-state index is 0.226. The van der Waals surface area contributed by atoms with E-state index in [9.17, 15) is 4.79 Å². The Kier molecular flexibility index (Phi) is 3.71. The van der Waals surface area contributed by atoms with Crippen molar-refractivity contribution in [3.63, 3.8) is 0 Å². The molecule has 1 heterocycles. The lowest BCUT2D eigenvalue weighted by atomic mass is 10.2. The van der Waals surface area contributed by atoms with Gasteiger partial charge in [-0.3, -0.25) is 0 Å². The predicted octanol–water partition coefficient (Wildman–Crippen LogP) is 3.74. The van der Waals surface area contributed by atoms with E-state index in [4.69, 9.17) is 16.3 Å². The molecule has 0 radical (unpaired) electrons. The van der Waals surface area contributed by atoms with Gasteiger partial charge in [-0.15, -0.1) is 5.10 Å². The van der Waals surface area contributed by atoms with Gasteiger partial charge in [-0.25, -0.2) is 9.48 Å². The van der Waals surface area contributed by atoms with E-state index in [0.29, 0.717) is 10.6 Å². The first-order valence-electron chi connectivity index (χ1n) is 6.32. The summed E-state index contributed by atoms with van der Waals surface area (Å²) in [7, 11) is 0. The maximum Gasteiger partial charge on any atom is 0.346 e. The number of carbonyl (C=O) groups is 1. The molecule has 3 rings (SSSR count). The van der Waals surface area contributed by atoms with Gasteiger partial charge in [0.05, 0.1) is 16.3 Å². The molecule has 0 aliphatic heterocycles. The van der Waals surface area contributed by atoms with Crippen molar-refractivity contribution in [1.82, 2.24) is 9.78 Å². The van der Waals surface area contributed by atoms with Crippen molar-refractivity contribution < 1.29 is 9.53 Å². The molecule has 0 bridgehead atoms. The first-order chi connectivity index (χ1) is 10.2. The molecule has 2 aromatic carbocycles. The molecule has 0 aliphatic carbocycles. The Morgan fingerprint density at radius 2 is 1.71 bits per heavy atom. The summed E-state index contributed by atoms with van der Waals surface area (Å²) in [6.45, 7) is 0. The second-order valence-corrected chi connectivity index (χ2v) is 4.71. The number of aromatic nitrogens is 2. The lowest BCUT2D eigenvalue weighted by Gasteiger charge is -2.03. The first-order valence-corrected chi connectivity index (χ1v) is 6.69. The fourth-order valence-corrected chi connectivity index (χ4v) is 2.08. The summed E-state index contributed by atoms with van der Waals surface area (Å²) < 4.78 is 6.86. The lowest BCUT2D eigenvalue weighted by molar-refractivity contribution is 0.0727. The molecule has 21 heavy (non-hydrogen) atoms. The molecule has 0 unspecified atom stereocenters. The van der Waals surface area contributed by atoms with E-state index in [-0.39, 0.29) is 5.88 Å². The van der Waals surface area contributed by atoms with Crippen LogP contribution < -0.4 is 4.74 Å². The Labute approximate surface area is 126 Å². The van der Waals surface area contributed by atoms with Crippen molar-refractivity contribution in [3.05, 3.63) is 77.4 Å². The van der Waals surface area contributed by atoms with Crippen molar-refractivity contribution in [3.8, 4) is 11.6 Å². The van der Waals surface area contributed by atoms with Gasteiger partial charge in [0.15, 0.2) is 0 Å². The number of rotatable bonds is 3. The highest BCUT2D eigenvalue weighted by molar-refractivity contribution is 6.33. The van der Waals surface area contributed by atoms with Crippen LogP contribution in [-0.4, -0.2) is 15.7 Å². The van der Waals surface area contributed by atoms with Gasteiger partial charge in [-0.2, -0.15) is 0 Å². The SMILES string of the molecule is O=C(Oc1ccn(-c2ccccc2)n1)c1ccccc1Cl. The van der Waals surface area contributed by atoms with Crippen LogP contribution in [0.2, 0.25) is 5.02 Å². The number of halogens is 1. The molecule has 0 atom stereocenters. The van der Waals surface area contributed by atoms with Crippen molar-refractivity contribution >= 4 is 17.6 Å². The molecular formula is C16H11ClN2O2. The number of para-hydroxylation sites is 1. The summed E-state index contributed by atoms with van der Waals surface area (Å²) in [4.78, 5) is 12.0. The van der Waals surface area contributed by atoms with Gasteiger partial charge in [-0.05, 0) is 24.3 Å². The predicted molar refractivity (Wildman–Crippen MR) is 80.0 cm³/mol. The Balaban J connectivity index is 1.79. The number of esters is 1. The molecule has 0 saturated carbocycles. The van der Waals surface area contributed by atoms with Gasteiger partial charge in [-0.1, -0.05) is 41.9 Å². The van der Waals surface area contributed by atoms with Gasteiger partial charge in [0.2, 0.25) is 5.88 Å². The Morgan fingerprint density at radius 3 is 2.48 bits per heavy atom. The molecule has 1 aromatic heterocycles. The highest BCUT2D eigenvalue weighted by Crippen LogP contribution is 2.18. The minimum Gasteiger partial charge on any atom is -0.402 e. The molecular weight excluding hydrogens is 288 g/mol. The molecule has 3 aromatic rings. The Morgan fingerprint density at radius 1 is 1.00 bits per heavy atom. The van der Waals surface area contributed by atoms with E-state index < -0.39 is 5.97 Å². The van der Waals surface area contributed by atoms with E-state index in [2.05, 4.69) is 5.10 Å². The highest BCUT2D eigenvalue weighted by Gasteiger charge is 2.13. The summed E-state index contributed by atoms with van der Waals surface area (Å²) in [5, 5.41) is 4.56. The molecule has 4 nitrogen and oxygen atoms in total. The van der Waals surface area contributed by atoms with Gasteiger partial charge in [0, 0.05) is 12.3 Å². The highest BCUT2D eigenvalue weighted by atomic mass is 35.5. The van der Waals surface area contributed by atoms with E-state index >= 15 is 0 Å². The third kappa shape index (κ3) is 2.95. The molecule has 0 fully saturated rings. The quantitative estimate of drug-likeness (QED) is 0.692. The molecule has 104 valence electrons. The summed E-state index contributed by atoms with van der Waals surface area (Å²) in [6, 6.07) is 17.9. The fraction of sp³-hybridized carbons (Fsp3) is 0. The molecule has 5 heteroatoms. The van der Waals surface area contributed by atoms with Crippen molar-refractivity contribution in [1.29, 1.82) is 0 Å². The van der Waals surface area contributed by atoms with Crippen LogP contribution in [0.25, 0.3) is 5.69 Å². The average molecular weight is 299 g/mol. The van der Waals surface area contributed by atoms with E-state index in [1.807, 2.05) is 30.3 Å². The van der Waals surface area contributed by atoms with Gasteiger partial charge in [0.1, 0.15) is 0 Å². The maximum atomic E-state index is 12.0. The topological polar surface area (TPSA) is 44.1 Å². The number of carbonyl (C=O) groups excluding carboxylic acids is 1. The van der Waals surface area contributed by atoms with Crippen LogP contribution in [-0.2, 0) is 0 Å². The molecule has 0 amide bonds. The lowest BCUT2D eigenvalue weighted by Crippen LogP contribution is -2.09. The third-order valence-corrected chi connectivity index (χ3v) is 3.21. The summed E-state index contributed by atoms with van der Waals surface area (Å²) >= 11 is 5.96. The normalized spacial score (nSPS) is 10.3. The standard InChI is InChI=1S/C16H11ClN2O2/c17-14-9-5-4-8-13(14)16(20)21-15-10-11-19(18-15)12-6-2-1-3-7-12/h1-11H. The Bertz CT molecular complexity index is 769. The number of hydrogen-bond donors (Lipinski definition) is 0. The van der Waals surface area contributed by atoms with Crippen LogP contribution in [0.4, 0.5) is 0 Å². The number of benzene rings is 2. The maximum absolute atomic E-state index is 12.0. The summed E-state index contributed by atoms with van der Waals surface area (Å²) in [5.74, 6) is -0.303. The van der Waals surface area contributed by atoms with Crippen LogP contribution in [0.3, 0.4) is 0 Å². The summed E-state index contributed by atoms with van der Waals surface area (Å²) in [5.41, 5.74) is 1.20. The van der Waals surface area contributed by atoms with Crippen LogP contribution in [0.15, 0.2) is 66.9 Å². The van der Waals surface area contributed by atoms with Gasteiger partial charge < -0.3 is 4.74 Å². The van der Waals surface area contributed by atoms with Crippen LogP contribution in [0.1, 0.15) is 10.4 Å². The molecule has 0 aliphatic rings. The van der Waals surface area contributed by atoms with Crippen LogP contribution >= 0.6 is 11.6 Å². The summed E-state index contributed by atoms with van der Waals surface area (Å²) in [6.07, 6.45) is 1.73. The van der Waals surface area contributed by atoms with Crippen molar-refractivity contribution in [2.75, 3.05) is 0 Å². The average Bonchev–Trinajstić information content (AvgIpc) is 2.97. The fourth-order valence-electron chi connectivity index (χ4n) is 1.86. The number of hydrogen-bond acceptors (Lipinski definition) is 3. The molecule has 0 saturated heterocycles. The Hall–Kier alpha value is -2.59. The second kappa shape index (κ2) is 5.81. The molecule has 0 N–H and O–H groups in total. The number of ether oxygens (including phenoxy) is 1. The second-order valence-electron chi connectivity index (χ2n) is 4.30. The van der Waals surface area contributed by atoms with Crippen molar-refractivity contribution in [2.45, 2.75) is 0 Å². The first kappa shape index (κ1) is 13.4. The van der Waals surface area contributed by atoms with Gasteiger partial charge in [0.25, 0.3) is 0 Å². The largest absolute Gasteiger partial charge is 0.402 e. The van der Waals surface area contributed by atoms with E-state index in [1.165, 1.54) is 0 Å². The zero-order valence-corrected chi connectivity index (χ0v) is 11.7. The zero-order valence-electron chi connectivity index (χ0n) is 10.9.